The zero-order valence-electron chi connectivity index (χ0n) is 24.1. The number of carbonyl (C=O) groups is 2. The highest BCUT2D eigenvalue weighted by atomic mass is 16.3. The van der Waals surface area contributed by atoms with E-state index in [1.165, 1.54) is 0 Å². The number of benzene rings is 2. The molecule has 0 radical (unpaired) electrons. The quantitative estimate of drug-likeness (QED) is 0.133. The summed E-state index contributed by atoms with van der Waals surface area (Å²) in [5, 5.41) is 38.7. The van der Waals surface area contributed by atoms with Crippen molar-refractivity contribution in [1.82, 2.24) is 9.13 Å². The molecule has 10 nitrogen and oxygen atoms in total. The molecule has 2 aromatic heterocycles. The Balaban J connectivity index is 1.19. The maximum atomic E-state index is 12.3. The third kappa shape index (κ3) is 6.70. The van der Waals surface area contributed by atoms with Crippen LogP contribution in [0.3, 0.4) is 0 Å². The van der Waals surface area contributed by atoms with Crippen molar-refractivity contribution in [2.75, 3.05) is 0 Å². The molecule has 2 heterocycles. The van der Waals surface area contributed by atoms with Crippen LogP contribution in [0, 0.1) is 0 Å². The van der Waals surface area contributed by atoms with Crippen molar-refractivity contribution in [2.45, 2.75) is 84.7 Å². The molecular formula is C31H38N6O4. The second kappa shape index (κ2) is 13.3. The third-order valence-electron chi connectivity index (χ3n) is 7.05. The van der Waals surface area contributed by atoms with Crippen molar-refractivity contribution in [3.05, 3.63) is 48.5 Å². The Morgan fingerprint density at radius 1 is 0.634 bits per heavy atom. The van der Waals surface area contributed by atoms with Crippen LogP contribution in [0.15, 0.2) is 69.0 Å². The van der Waals surface area contributed by atoms with E-state index in [2.05, 4.69) is 20.5 Å². The Morgan fingerprint density at radius 2 is 1.00 bits per heavy atom. The van der Waals surface area contributed by atoms with Crippen LogP contribution >= 0.6 is 0 Å². The number of hydrogen-bond donors (Lipinski definition) is 2. The molecule has 216 valence electrons. The van der Waals surface area contributed by atoms with Gasteiger partial charge < -0.3 is 19.3 Å². The van der Waals surface area contributed by atoms with Crippen molar-refractivity contribution >= 4 is 45.0 Å². The van der Waals surface area contributed by atoms with Crippen LogP contribution in [0.1, 0.15) is 84.7 Å². The number of rotatable bonds is 12. The molecule has 0 saturated carbocycles. The fourth-order valence-corrected chi connectivity index (χ4v) is 5.10. The van der Waals surface area contributed by atoms with Crippen molar-refractivity contribution in [3.63, 3.8) is 0 Å². The van der Waals surface area contributed by atoms with E-state index in [4.69, 9.17) is 0 Å². The van der Waals surface area contributed by atoms with Crippen LogP contribution in [0.4, 0.5) is 11.4 Å². The number of fused-ring (bicyclic) bond motifs is 2. The van der Waals surface area contributed by atoms with Crippen LogP contribution in [0.25, 0.3) is 21.8 Å². The van der Waals surface area contributed by atoms with Crippen molar-refractivity contribution < 1.29 is 19.8 Å². The Labute approximate surface area is 239 Å². The molecule has 10 heteroatoms. The average Bonchev–Trinajstić information content (AvgIpc) is 3.39. The van der Waals surface area contributed by atoms with Crippen LogP contribution in [-0.4, -0.2) is 31.2 Å². The molecule has 0 bridgehead atoms. The van der Waals surface area contributed by atoms with Crippen LogP contribution in [-0.2, 0) is 9.59 Å². The van der Waals surface area contributed by atoms with Crippen molar-refractivity contribution in [2.24, 2.45) is 20.5 Å². The number of aromatic nitrogens is 2. The number of para-hydroxylation sites is 2. The second-order valence-electron chi connectivity index (χ2n) is 10.8. The van der Waals surface area contributed by atoms with E-state index in [0.717, 1.165) is 41.1 Å². The topological polar surface area (TPSA) is 134 Å². The molecule has 4 rings (SSSR count). The lowest BCUT2D eigenvalue weighted by molar-refractivity contribution is -0.119. The van der Waals surface area contributed by atoms with E-state index in [0.29, 0.717) is 24.2 Å². The molecule has 0 spiro atoms. The average molecular weight is 559 g/mol. The molecule has 0 saturated heterocycles. The number of aromatic hydroxyl groups is 2. The monoisotopic (exact) mass is 558 g/mol. The summed E-state index contributed by atoms with van der Waals surface area (Å²) in [5.74, 6) is -0.649. The fourth-order valence-electron chi connectivity index (χ4n) is 5.10. The molecule has 2 amide bonds. The standard InChI is InChI=1S/C31H38N6O4/c1-20(2)36-24-16-12-10-14-22(24)28(30(36)40)34-32-26(38)18-8-6-5-7-9-19-27(39)33-35-29-23-15-11-13-17-25(23)37(21(3)4)31(29)41/h10-17,20-21,40-41H,5-9,18-19H2,1-4H3. The Hall–Kier alpha value is -4.34. The van der Waals surface area contributed by atoms with Crippen molar-refractivity contribution in [1.29, 1.82) is 0 Å². The van der Waals surface area contributed by atoms with Gasteiger partial charge in [0.2, 0.25) is 11.8 Å². The summed E-state index contributed by atoms with van der Waals surface area (Å²) in [5.41, 5.74) is 2.31. The molecule has 2 aromatic carbocycles. The summed E-state index contributed by atoms with van der Waals surface area (Å²) in [6.45, 7) is 7.88. The van der Waals surface area contributed by atoms with E-state index >= 15 is 0 Å². The van der Waals surface area contributed by atoms with Crippen LogP contribution in [0.5, 0.6) is 11.8 Å². The molecule has 2 N–H and O–H groups in total. The van der Waals surface area contributed by atoms with Crippen LogP contribution < -0.4 is 0 Å². The minimum Gasteiger partial charge on any atom is -0.493 e. The zero-order chi connectivity index (χ0) is 29.5. The molecule has 0 aliphatic rings. The molecular weight excluding hydrogens is 520 g/mol. The predicted octanol–water partition coefficient (Wildman–Crippen LogP) is 8.82. The number of hydrogen-bond acceptors (Lipinski definition) is 6. The summed E-state index contributed by atoms with van der Waals surface area (Å²) >= 11 is 0. The number of nitrogens with zero attached hydrogens (tertiary/aromatic N) is 6. The van der Waals surface area contributed by atoms with E-state index in [1.807, 2.05) is 76.2 Å². The van der Waals surface area contributed by atoms with Crippen LogP contribution in [0.2, 0.25) is 0 Å². The van der Waals surface area contributed by atoms with Gasteiger partial charge in [-0.1, -0.05) is 55.7 Å². The van der Waals surface area contributed by atoms with Gasteiger partial charge in [0.1, 0.15) is 0 Å². The highest BCUT2D eigenvalue weighted by Gasteiger charge is 2.19. The first-order chi connectivity index (χ1) is 19.7. The van der Waals surface area contributed by atoms with Crippen molar-refractivity contribution in [3.8, 4) is 11.8 Å². The Bertz CT molecular complexity index is 1480. The Morgan fingerprint density at radius 3 is 1.39 bits per heavy atom. The summed E-state index contributed by atoms with van der Waals surface area (Å²) < 4.78 is 3.55. The molecule has 0 fully saturated rings. The van der Waals surface area contributed by atoms with Gasteiger partial charge in [-0.2, -0.15) is 0 Å². The summed E-state index contributed by atoms with van der Waals surface area (Å²) in [4.78, 5) is 24.6. The van der Waals surface area contributed by atoms with Gasteiger partial charge in [-0.05, 0) is 52.7 Å². The molecule has 4 aromatic rings. The first-order valence-electron chi connectivity index (χ1n) is 14.2. The summed E-state index contributed by atoms with van der Waals surface area (Å²) in [6, 6.07) is 15.1. The van der Waals surface area contributed by atoms with E-state index < -0.39 is 0 Å². The predicted molar refractivity (Wildman–Crippen MR) is 159 cm³/mol. The highest BCUT2D eigenvalue weighted by Crippen LogP contribution is 2.42. The lowest BCUT2D eigenvalue weighted by atomic mass is 10.1. The largest absolute Gasteiger partial charge is 0.493 e. The van der Waals surface area contributed by atoms with Gasteiger partial charge in [0.05, 0.1) is 11.0 Å². The lowest BCUT2D eigenvalue weighted by Gasteiger charge is -2.10. The first-order valence-corrected chi connectivity index (χ1v) is 14.2. The second-order valence-corrected chi connectivity index (χ2v) is 10.8. The SMILES string of the molecule is CC(C)n1c(O)c(N=NC(=O)CCCCCCCC(=O)N=Nc2c(O)n(C(C)C)c3ccccc23)c2ccccc21. The molecule has 0 aliphatic heterocycles. The maximum Gasteiger partial charge on any atom is 0.264 e. The fraction of sp³-hybridized carbons (Fsp3) is 0.419. The van der Waals surface area contributed by atoms with Gasteiger partial charge in [0, 0.05) is 35.7 Å². The number of carbonyl (C=O) groups excluding carboxylic acids is 2. The molecule has 41 heavy (non-hydrogen) atoms. The van der Waals surface area contributed by atoms with Gasteiger partial charge in [-0.15, -0.1) is 20.5 Å². The van der Waals surface area contributed by atoms with E-state index in [-0.39, 0.29) is 48.5 Å². The van der Waals surface area contributed by atoms with Gasteiger partial charge in [-0.3, -0.25) is 9.59 Å². The van der Waals surface area contributed by atoms with E-state index in [9.17, 15) is 19.8 Å². The Kier molecular flexibility index (Phi) is 9.65. The normalized spacial score (nSPS) is 12.2. The van der Waals surface area contributed by atoms with E-state index in [1.54, 1.807) is 9.13 Å². The maximum absolute atomic E-state index is 12.3. The van der Waals surface area contributed by atoms with Gasteiger partial charge in [0.15, 0.2) is 11.4 Å². The van der Waals surface area contributed by atoms with Gasteiger partial charge in [-0.25, -0.2) is 0 Å². The highest BCUT2D eigenvalue weighted by molar-refractivity contribution is 5.96. The smallest absolute Gasteiger partial charge is 0.264 e. The first kappa shape index (κ1) is 29.6. The van der Waals surface area contributed by atoms with Gasteiger partial charge in [0.25, 0.3) is 11.8 Å². The number of unbranched alkanes of at least 4 members (excludes halogenated alkanes) is 4. The summed E-state index contributed by atoms with van der Waals surface area (Å²) in [7, 11) is 0. The molecule has 0 atom stereocenters. The van der Waals surface area contributed by atoms with Gasteiger partial charge >= 0.3 is 0 Å². The molecule has 0 aliphatic carbocycles. The lowest BCUT2D eigenvalue weighted by Crippen LogP contribution is -1.98. The number of azo groups is 2. The minimum atomic E-state index is -0.330. The minimum absolute atomic E-state index is 0.00551. The molecule has 0 unspecified atom stereocenters. The number of amides is 2. The zero-order valence-corrected chi connectivity index (χ0v) is 24.1. The third-order valence-corrected chi connectivity index (χ3v) is 7.05. The summed E-state index contributed by atoms with van der Waals surface area (Å²) in [6.07, 6.45) is 4.42.